The zero-order chi connectivity index (χ0) is 24.3. The van der Waals surface area contributed by atoms with E-state index in [1.807, 2.05) is 0 Å². The maximum absolute atomic E-state index is 13.5. The number of nitrogens with one attached hydrogen (secondary N) is 2. The summed E-state index contributed by atoms with van der Waals surface area (Å²) in [6.07, 6.45) is -1.52. The van der Waals surface area contributed by atoms with Gasteiger partial charge in [0.2, 0.25) is 11.7 Å². The van der Waals surface area contributed by atoms with Crippen LogP contribution in [0.2, 0.25) is 0 Å². The number of hydrogen-bond acceptors (Lipinski definition) is 5. The predicted molar refractivity (Wildman–Crippen MR) is 121 cm³/mol. The van der Waals surface area contributed by atoms with E-state index in [1.54, 1.807) is 12.1 Å². The highest BCUT2D eigenvalue weighted by Crippen LogP contribution is 2.31. The van der Waals surface area contributed by atoms with Gasteiger partial charge in [-0.25, -0.2) is 13.4 Å². The van der Waals surface area contributed by atoms with Crippen LogP contribution in [0, 0.1) is 0 Å². The molecule has 3 aromatic rings. The van der Waals surface area contributed by atoms with Gasteiger partial charge in [-0.1, -0.05) is 24.6 Å². The van der Waals surface area contributed by atoms with Crippen molar-refractivity contribution in [3.8, 4) is 0 Å². The normalized spacial score (nSPS) is 15.0. The van der Waals surface area contributed by atoms with Crippen LogP contribution in [0.3, 0.4) is 0 Å². The molecule has 34 heavy (non-hydrogen) atoms. The molecule has 1 aliphatic rings. The van der Waals surface area contributed by atoms with E-state index in [2.05, 4.69) is 20.0 Å². The minimum atomic E-state index is -4.75. The van der Waals surface area contributed by atoms with E-state index in [1.165, 1.54) is 36.4 Å². The Morgan fingerprint density at radius 3 is 2.65 bits per heavy atom. The lowest BCUT2D eigenvalue weighted by Gasteiger charge is -2.13. The molecule has 0 unspecified atom stereocenters. The Hall–Kier alpha value is -3.41. The molecule has 1 amide bonds. The van der Waals surface area contributed by atoms with Gasteiger partial charge in [0.1, 0.15) is 12.4 Å². The number of fused-ring (bicyclic) bond motifs is 1. The molecular weight excluding hydrogens is 471 g/mol. The molecule has 2 heterocycles. The van der Waals surface area contributed by atoms with Gasteiger partial charge in [-0.15, -0.1) is 0 Å². The number of carbonyl (C=O) groups is 1. The van der Waals surface area contributed by atoms with Gasteiger partial charge in [0, 0.05) is 18.7 Å². The predicted octanol–water partition coefficient (Wildman–Crippen LogP) is 3.94. The van der Waals surface area contributed by atoms with E-state index >= 15 is 0 Å². The van der Waals surface area contributed by atoms with E-state index < -0.39 is 34.5 Å². The molecule has 0 atom stereocenters. The average Bonchev–Trinajstić information content (AvgIpc) is 2.95. The van der Waals surface area contributed by atoms with Crippen molar-refractivity contribution >= 4 is 38.5 Å². The molecule has 0 saturated heterocycles. The van der Waals surface area contributed by atoms with Gasteiger partial charge in [-0.3, -0.25) is 14.5 Å². The Labute approximate surface area is 194 Å². The van der Waals surface area contributed by atoms with Gasteiger partial charge in [-0.05, 0) is 43.2 Å². The van der Waals surface area contributed by atoms with Gasteiger partial charge >= 0.3 is 6.18 Å². The molecule has 8 nitrogen and oxygen atoms in total. The number of hydrogen-bond donors (Lipinski definition) is 2. The molecule has 1 aliphatic heterocycles. The third-order valence-corrected chi connectivity index (χ3v) is 6.64. The Bertz CT molecular complexity index is 1350. The number of imidazole rings is 1. The highest BCUT2D eigenvalue weighted by molar-refractivity contribution is 7.90. The standard InChI is InChI=1S/C22H22F3N5O3S/c23-22(24,25)21-28-17-9-3-4-10-18(17)30(21)14-20(31)27-15-7-6-8-16(13-15)34(32,33)29-19-11-2-1-5-12-26-19/h3-4,6-10,13H,1-2,5,11-12,14H2,(H,26,29)(H,27,31). The summed E-state index contributed by atoms with van der Waals surface area (Å²) in [5, 5.41) is 2.47. The summed E-state index contributed by atoms with van der Waals surface area (Å²) in [5.74, 6) is -1.56. The number of halogens is 3. The second-order valence-corrected chi connectivity index (χ2v) is 9.51. The van der Waals surface area contributed by atoms with Crippen molar-refractivity contribution in [3.05, 3.63) is 54.4 Å². The van der Waals surface area contributed by atoms with Crippen molar-refractivity contribution < 1.29 is 26.4 Å². The second kappa shape index (κ2) is 9.45. The van der Waals surface area contributed by atoms with E-state index in [9.17, 15) is 26.4 Å². The highest BCUT2D eigenvalue weighted by atomic mass is 32.2. The first-order valence-corrected chi connectivity index (χ1v) is 12.1. The van der Waals surface area contributed by atoms with Crippen LogP contribution in [-0.2, 0) is 27.5 Å². The third-order valence-electron chi connectivity index (χ3n) is 5.26. The summed E-state index contributed by atoms with van der Waals surface area (Å²) in [5.41, 5.74) is 0.409. The van der Waals surface area contributed by atoms with E-state index in [0.29, 0.717) is 18.8 Å². The average molecular weight is 494 g/mol. The minimum Gasteiger partial charge on any atom is -0.324 e. The molecule has 0 aliphatic carbocycles. The number of rotatable bonds is 5. The zero-order valence-corrected chi connectivity index (χ0v) is 18.8. The first kappa shape index (κ1) is 23.7. The molecule has 180 valence electrons. The maximum atomic E-state index is 13.5. The number of amidine groups is 1. The summed E-state index contributed by atoms with van der Waals surface area (Å²) >= 11 is 0. The van der Waals surface area contributed by atoms with Crippen molar-refractivity contribution in [1.82, 2.24) is 14.3 Å². The number of anilines is 1. The number of carbonyl (C=O) groups excluding carboxylic acids is 1. The molecule has 0 fully saturated rings. The van der Waals surface area contributed by atoms with E-state index in [4.69, 9.17) is 0 Å². The Balaban J connectivity index is 1.53. The summed E-state index contributed by atoms with van der Waals surface area (Å²) in [7, 11) is -3.94. The number of aliphatic imine (C=N–C) groups is 1. The van der Waals surface area contributed by atoms with Crippen molar-refractivity contribution in [2.45, 2.75) is 43.3 Å². The summed E-state index contributed by atoms with van der Waals surface area (Å²) in [4.78, 5) is 20.4. The largest absolute Gasteiger partial charge is 0.449 e. The number of benzene rings is 2. The molecule has 12 heteroatoms. The topological polar surface area (TPSA) is 105 Å². The van der Waals surface area contributed by atoms with Crippen LogP contribution in [0.4, 0.5) is 18.9 Å². The van der Waals surface area contributed by atoms with Gasteiger partial charge in [0.15, 0.2) is 0 Å². The van der Waals surface area contributed by atoms with Crippen molar-refractivity contribution in [2.24, 2.45) is 4.99 Å². The zero-order valence-electron chi connectivity index (χ0n) is 18.0. The quantitative estimate of drug-likeness (QED) is 0.562. The lowest BCUT2D eigenvalue weighted by molar-refractivity contribution is -0.147. The Morgan fingerprint density at radius 1 is 1.06 bits per heavy atom. The number of alkyl halides is 3. The van der Waals surface area contributed by atoms with Gasteiger partial charge in [0.05, 0.1) is 15.9 Å². The molecule has 0 saturated carbocycles. The van der Waals surface area contributed by atoms with E-state index in [-0.39, 0.29) is 21.6 Å². The maximum Gasteiger partial charge on any atom is 0.449 e. The van der Waals surface area contributed by atoms with Crippen LogP contribution in [0.25, 0.3) is 11.0 Å². The molecule has 2 aromatic carbocycles. The first-order chi connectivity index (χ1) is 16.1. The van der Waals surface area contributed by atoms with Crippen LogP contribution >= 0.6 is 0 Å². The molecule has 4 rings (SSSR count). The first-order valence-electron chi connectivity index (χ1n) is 10.6. The van der Waals surface area contributed by atoms with Crippen LogP contribution in [0.1, 0.15) is 31.5 Å². The minimum absolute atomic E-state index is 0.0960. The van der Waals surface area contributed by atoms with Gasteiger partial charge < -0.3 is 9.88 Å². The fourth-order valence-electron chi connectivity index (χ4n) is 3.71. The lowest BCUT2D eigenvalue weighted by Crippen LogP contribution is -2.30. The SMILES string of the molecule is O=C(Cn1c(C(F)(F)F)nc2ccccc21)Nc1cccc(S(=O)(=O)NC2=NCCCCC2)c1. The number of sulfonamides is 1. The molecule has 0 bridgehead atoms. The smallest absolute Gasteiger partial charge is 0.324 e. The van der Waals surface area contributed by atoms with Crippen molar-refractivity contribution in [2.75, 3.05) is 11.9 Å². The van der Waals surface area contributed by atoms with Crippen LogP contribution in [0.5, 0.6) is 0 Å². The van der Waals surface area contributed by atoms with Crippen molar-refractivity contribution in [3.63, 3.8) is 0 Å². The summed E-state index contributed by atoms with van der Waals surface area (Å²) in [6.45, 7) is -0.0990. The van der Waals surface area contributed by atoms with Crippen LogP contribution < -0.4 is 10.0 Å². The molecule has 0 radical (unpaired) electrons. The van der Waals surface area contributed by atoms with Crippen LogP contribution in [-0.4, -0.2) is 36.3 Å². The lowest BCUT2D eigenvalue weighted by atomic mass is 10.2. The van der Waals surface area contributed by atoms with Gasteiger partial charge in [0.25, 0.3) is 10.0 Å². The summed E-state index contributed by atoms with van der Waals surface area (Å²) < 4.78 is 69.2. The molecule has 0 spiro atoms. The number of para-hydroxylation sites is 2. The molecule has 2 N–H and O–H groups in total. The summed E-state index contributed by atoms with van der Waals surface area (Å²) in [6, 6.07) is 11.5. The molecule has 1 aromatic heterocycles. The Kier molecular flexibility index (Phi) is 6.60. The van der Waals surface area contributed by atoms with E-state index in [0.717, 1.165) is 23.8 Å². The second-order valence-electron chi connectivity index (χ2n) is 7.83. The number of nitrogens with zero attached hydrogens (tertiary/aromatic N) is 3. The monoisotopic (exact) mass is 493 g/mol. The highest BCUT2D eigenvalue weighted by Gasteiger charge is 2.38. The number of amides is 1. The fraction of sp³-hybridized carbons (Fsp3) is 0.318. The number of aromatic nitrogens is 2. The van der Waals surface area contributed by atoms with Gasteiger partial charge in [-0.2, -0.15) is 13.2 Å². The van der Waals surface area contributed by atoms with Crippen LogP contribution in [0.15, 0.2) is 58.4 Å². The third kappa shape index (κ3) is 5.38. The Morgan fingerprint density at radius 2 is 1.85 bits per heavy atom. The van der Waals surface area contributed by atoms with Crippen molar-refractivity contribution in [1.29, 1.82) is 0 Å². The fourth-order valence-corrected chi connectivity index (χ4v) is 4.84. The molecular formula is C22H22F3N5O3S.